The minimum absolute atomic E-state index is 0.000998. The largest absolute Gasteiger partial charge is 0.456 e. The number of halogens is 1. The molecule has 15 heteroatoms. The van der Waals surface area contributed by atoms with Gasteiger partial charge in [-0.3, -0.25) is 24.5 Å². The number of anilines is 1. The quantitative estimate of drug-likeness (QED) is 0.311. The number of amides is 1. The second-order valence-corrected chi connectivity index (χ2v) is 7.95. The van der Waals surface area contributed by atoms with Crippen LogP contribution in [0.4, 0.5) is 5.95 Å². The first-order valence-electron chi connectivity index (χ1n) is 10.4. The molecular weight excluding hydrogens is 490 g/mol. The molecule has 1 saturated heterocycles. The summed E-state index contributed by atoms with van der Waals surface area (Å²) in [6.45, 7) is 4.75. The number of esters is 3. The molecule has 1 aliphatic rings. The maximum absolute atomic E-state index is 11.9. The zero-order valence-corrected chi connectivity index (χ0v) is 20.3. The number of hydrogen-bond donors (Lipinski definition) is 1. The third-order valence-electron chi connectivity index (χ3n) is 4.82. The lowest BCUT2D eigenvalue weighted by atomic mass is 9.97. The van der Waals surface area contributed by atoms with Gasteiger partial charge in [0.05, 0.1) is 12.9 Å². The molecule has 0 saturated carbocycles. The normalized spacial score (nSPS) is 24.0. The second-order valence-electron chi connectivity index (χ2n) is 7.59. The molecule has 1 fully saturated rings. The van der Waals surface area contributed by atoms with E-state index in [4.69, 9.17) is 35.3 Å². The van der Waals surface area contributed by atoms with Crippen molar-refractivity contribution in [3.63, 3.8) is 0 Å². The Bertz CT molecular complexity index is 1140. The van der Waals surface area contributed by atoms with E-state index in [1.54, 1.807) is 0 Å². The van der Waals surface area contributed by atoms with E-state index in [0.717, 1.165) is 13.8 Å². The first-order valence-corrected chi connectivity index (χ1v) is 10.7. The molecule has 35 heavy (non-hydrogen) atoms. The van der Waals surface area contributed by atoms with Crippen LogP contribution in [0, 0.1) is 0 Å². The van der Waals surface area contributed by atoms with Crippen LogP contribution in [0.3, 0.4) is 0 Å². The summed E-state index contributed by atoms with van der Waals surface area (Å²) < 4.78 is 29.0. The van der Waals surface area contributed by atoms with Gasteiger partial charge in [0.15, 0.2) is 35.4 Å². The van der Waals surface area contributed by atoms with Crippen molar-refractivity contribution in [1.29, 1.82) is 0 Å². The summed E-state index contributed by atoms with van der Waals surface area (Å²) in [5.41, 5.74) is 0.497. The van der Waals surface area contributed by atoms with Gasteiger partial charge in [0.1, 0.15) is 11.6 Å². The van der Waals surface area contributed by atoms with Crippen molar-refractivity contribution in [2.75, 3.05) is 12.4 Å². The van der Waals surface area contributed by atoms with E-state index in [1.165, 1.54) is 31.9 Å². The number of methoxy groups -OCH3 is 1. The highest BCUT2D eigenvalue weighted by atomic mass is 35.5. The lowest BCUT2D eigenvalue weighted by Crippen LogP contribution is -2.62. The number of rotatable bonds is 7. The Kier molecular flexibility index (Phi) is 8.19. The van der Waals surface area contributed by atoms with Crippen LogP contribution >= 0.6 is 11.6 Å². The Labute approximate surface area is 204 Å². The molecule has 0 bridgehead atoms. The molecule has 3 rings (SSSR count). The van der Waals surface area contributed by atoms with Gasteiger partial charge in [0.2, 0.25) is 11.9 Å². The number of ether oxygens (including phenoxy) is 5. The minimum Gasteiger partial charge on any atom is -0.456 e. The van der Waals surface area contributed by atoms with E-state index in [2.05, 4.69) is 20.3 Å². The third kappa shape index (κ3) is 6.21. The lowest BCUT2D eigenvalue weighted by Gasteiger charge is -2.44. The molecule has 3 heterocycles. The predicted octanol–water partition coefficient (Wildman–Crippen LogP) is 0.604. The van der Waals surface area contributed by atoms with Gasteiger partial charge in [-0.05, 0) is 0 Å². The number of imidazole rings is 1. The second kappa shape index (κ2) is 10.9. The molecule has 5 atom stereocenters. The van der Waals surface area contributed by atoms with Gasteiger partial charge in [-0.2, -0.15) is 9.97 Å². The fourth-order valence-corrected chi connectivity index (χ4v) is 3.86. The third-order valence-corrected chi connectivity index (χ3v) is 5.08. The predicted molar refractivity (Wildman–Crippen MR) is 117 cm³/mol. The lowest BCUT2D eigenvalue weighted by molar-refractivity contribution is -0.299. The monoisotopic (exact) mass is 513 g/mol. The molecule has 2 aromatic heterocycles. The van der Waals surface area contributed by atoms with Gasteiger partial charge in [-0.25, -0.2) is 4.98 Å². The van der Waals surface area contributed by atoms with Gasteiger partial charge in [-0.1, -0.05) is 11.6 Å². The number of carbonyl (C=O) groups excluding carboxylic acids is 4. The molecule has 14 nitrogen and oxygen atoms in total. The Morgan fingerprint density at radius 2 is 1.60 bits per heavy atom. The molecule has 1 amide bonds. The molecule has 1 aliphatic heterocycles. The van der Waals surface area contributed by atoms with E-state index < -0.39 is 54.5 Å². The molecule has 0 aromatic carbocycles. The van der Waals surface area contributed by atoms with Crippen LogP contribution in [0.2, 0.25) is 5.15 Å². The number of aromatic nitrogens is 4. The average molecular weight is 514 g/mol. The van der Waals surface area contributed by atoms with Crippen LogP contribution in [-0.2, 0) is 49.4 Å². The fourth-order valence-electron chi connectivity index (χ4n) is 3.64. The van der Waals surface area contributed by atoms with Crippen LogP contribution < -0.4 is 5.32 Å². The summed E-state index contributed by atoms with van der Waals surface area (Å²) in [5, 5.41) is 2.45. The fraction of sp³-hybridized carbons (Fsp3) is 0.550. The zero-order valence-electron chi connectivity index (χ0n) is 19.5. The molecule has 190 valence electrons. The Morgan fingerprint density at radius 3 is 2.17 bits per heavy atom. The maximum atomic E-state index is 11.9. The molecule has 0 aliphatic carbocycles. The van der Waals surface area contributed by atoms with Crippen molar-refractivity contribution in [3.8, 4) is 0 Å². The van der Waals surface area contributed by atoms with Crippen LogP contribution in [0.5, 0.6) is 0 Å². The Balaban J connectivity index is 2.03. The Morgan fingerprint density at radius 1 is 1.00 bits per heavy atom. The molecule has 0 radical (unpaired) electrons. The van der Waals surface area contributed by atoms with Crippen LogP contribution in [0.1, 0.15) is 27.7 Å². The topological polar surface area (TPSA) is 170 Å². The van der Waals surface area contributed by atoms with Crippen molar-refractivity contribution in [2.45, 2.75) is 64.9 Å². The van der Waals surface area contributed by atoms with Crippen LogP contribution in [0.15, 0.2) is 6.33 Å². The van der Waals surface area contributed by atoms with Crippen LogP contribution in [-0.4, -0.2) is 81.1 Å². The first-order chi connectivity index (χ1) is 16.5. The standard InChI is InChI=1S/C20H24ClN5O9/c1-8(27)23-20-24-17(21)13-18(25-20)26(7-22-13)6-12-14(32-9(2)28)15(33-10(3)29)16(34-11(4)30)19(31-5)35-12/h7,12,14-16,19H,6H2,1-5H3,(H,23,24,25,27)/t12?,14-,15?,16?,19+/m1/s1. The maximum Gasteiger partial charge on any atom is 0.303 e. The highest BCUT2D eigenvalue weighted by molar-refractivity contribution is 6.33. The van der Waals surface area contributed by atoms with E-state index in [9.17, 15) is 19.2 Å². The summed E-state index contributed by atoms with van der Waals surface area (Å²) in [5.74, 6) is -2.52. The summed E-state index contributed by atoms with van der Waals surface area (Å²) in [6, 6.07) is 0. The number of carbonyl (C=O) groups is 4. The average Bonchev–Trinajstić information content (AvgIpc) is 3.13. The van der Waals surface area contributed by atoms with Gasteiger partial charge in [-0.15, -0.1) is 0 Å². The molecule has 2 aromatic rings. The number of hydrogen-bond acceptors (Lipinski definition) is 12. The summed E-state index contributed by atoms with van der Waals surface area (Å²) in [6.07, 6.45) is -4.40. The van der Waals surface area contributed by atoms with Crippen molar-refractivity contribution in [1.82, 2.24) is 19.5 Å². The SMILES string of the molecule is CO[C@H]1OC(Cn2cnc3c(Cl)nc(NC(C)=O)nc32)[C@@H](OC(C)=O)C(OC(C)=O)C1OC(C)=O. The number of nitrogens with one attached hydrogen (secondary N) is 1. The summed E-state index contributed by atoms with van der Waals surface area (Å²) >= 11 is 6.19. The summed E-state index contributed by atoms with van der Waals surface area (Å²) in [7, 11) is 1.31. The van der Waals surface area contributed by atoms with Crippen molar-refractivity contribution in [3.05, 3.63) is 11.5 Å². The highest BCUT2D eigenvalue weighted by Gasteiger charge is 2.52. The Hall–Kier alpha value is -3.36. The number of fused-ring (bicyclic) bond motifs is 1. The van der Waals surface area contributed by atoms with Crippen molar-refractivity contribution >= 4 is 52.5 Å². The van der Waals surface area contributed by atoms with Gasteiger partial charge in [0.25, 0.3) is 0 Å². The van der Waals surface area contributed by atoms with E-state index in [-0.39, 0.29) is 28.8 Å². The first kappa shape index (κ1) is 26.2. The van der Waals surface area contributed by atoms with E-state index in [1.807, 2.05) is 0 Å². The zero-order chi connectivity index (χ0) is 25.9. The highest BCUT2D eigenvalue weighted by Crippen LogP contribution is 2.31. The molecule has 0 spiro atoms. The van der Waals surface area contributed by atoms with Gasteiger partial charge < -0.3 is 28.3 Å². The van der Waals surface area contributed by atoms with Gasteiger partial charge in [0, 0.05) is 34.8 Å². The number of nitrogens with zero attached hydrogens (tertiary/aromatic N) is 4. The minimum atomic E-state index is -1.24. The van der Waals surface area contributed by atoms with Crippen molar-refractivity contribution < 1.29 is 42.9 Å². The molecular formula is C20H24ClN5O9. The van der Waals surface area contributed by atoms with Crippen LogP contribution in [0.25, 0.3) is 11.2 Å². The molecule has 3 unspecified atom stereocenters. The summed E-state index contributed by atoms with van der Waals surface area (Å²) in [4.78, 5) is 59.4. The van der Waals surface area contributed by atoms with E-state index in [0.29, 0.717) is 0 Å². The van der Waals surface area contributed by atoms with Gasteiger partial charge >= 0.3 is 17.9 Å². The van der Waals surface area contributed by atoms with E-state index >= 15 is 0 Å². The van der Waals surface area contributed by atoms with Crippen molar-refractivity contribution in [2.24, 2.45) is 0 Å². The molecule has 1 N–H and O–H groups in total. The smallest absolute Gasteiger partial charge is 0.303 e.